The van der Waals surface area contributed by atoms with E-state index in [1.54, 1.807) is 10.7 Å². The third kappa shape index (κ3) is 2.40. The van der Waals surface area contributed by atoms with Gasteiger partial charge in [-0.1, -0.05) is 6.07 Å². The van der Waals surface area contributed by atoms with E-state index in [-0.39, 0.29) is 6.04 Å². The van der Waals surface area contributed by atoms with Crippen LogP contribution in [-0.2, 0) is 0 Å². The summed E-state index contributed by atoms with van der Waals surface area (Å²) in [4.78, 5) is 8.77. The number of aromatic nitrogens is 4. The highest BCUT2D eigenvalue weighted by molar-refractivity contribution is 5.45. The lowest BCUT2D eigenvalue weighted by atomic mass is 10.2. The molecule has 19 heavy (non-hydrogen) atoms. The highest BCUT2D eigenvalue weighted by atomic mass is 15.3. The van der Waals surface area contributed by atoms with Gasteiger partial charge in [0.15, 0.2) is 5.65 Å². The van der Waals surface area contributed by atoms with Gasteiger partial charge in [-0.2, -0.15) is 4.98 Å². The van der Waals surface area contributed by atoms with Crippen LogP contribution in [-0.4, -0.2) is 19.6 Å². The van der Waals surface area contributed by atoms with Gasteiger partial charge in [-0.3, -0.25) is 4.98 Å². The summed E-state index contributed by atoms with van der Waals surface area (Å²) >= 11 is 0. The van der Waals surface area contributed by atoms with Gasteiger partial charge in [-0.05, 0) is 43.7 Å². The fourth-order valence-corrected chi connectivity index (χ4v) is 1.94. The molecule has 0 aliphatic carbocycles. The maximum absolute atomic E-state index is 4.45. The summed E-state index contributed by atoms with van der Waals surface area (Å²) in [6, 6.07) is 9.94. The first-order chi connectivity index (χ1) is 9.22. The zero-order chi connectivity index (χ0) is 13.2. The molecular weight excluding hydrogens is 238 g/mol. The molecule has 0 radical (unpaired) electrons. The third-order valence-corrected chi connectivity index (χ3v) is 2.97. The molecule has 1 atom stereocenters. The summed E-state index contributed by atoms with van der Waals surface area (Å²) in [5, 5.41) is 7.65. The highest BCUT2D eigenvalue weighted by Gasteiger charge is 2.09. The van der Waals surface area contributed by atoms with Crippen LogP contribution in [0.3, 0.4) is 0 Å². The Kier molecular flexibility index (Phi) is 2.87. The molecule has 0 saturated carbocycles. The van der Waals surface area contributed by atoms with Crippen LogP contribution in [0.25, 0.3) is 5.65 Å². The van der Waals surface area contributed by atoms with E-state index in [9.17, 15) is 0 Å². The molecule has 5 heteroatoms. The Morgan fingerprint density at radius 1 is 1.26 bits per heavy atom. The standard InChI is InChI=1S/C14H15N5/c1-10-6-8-19-13(9-10)17-14(18-19)16-11(2)12-5-3-4-7-15-12/h3-9,11H,1-2H3,(H,16,18). The van der Waals surface area contributed by atoms with Crippen LogP contribution in [0.1, 0.15) is 24.2 Å². The number of hydrogen-bond acceptors (Lipinski definition) is 4. The van der Waals surface area contributed by atoms with E-state index in [0.29, 0.717) is 5.95 Å². The van der Waals surface area contributed by atoms with Crippen LogP contribution in [0.2, 0.25) is 0 Å². The SMILES string of the molecule is Cc1ccn2nc(NC(C)c3ccccn3)nc2c1. The fourth-order valence-electron chi connectivity index (χ4n) is 1.94. The van der Waals surface area contributed by atoms with Crippen molar-refractivity contribution >= 4 is 11.6 Å². The number of rotatable bonds is 3. The Morgan fingerprint density at radius 3 is 2.95 bits per heavy atom. The smallest absolute Gasteiger partial charge is 0.243 e. The maximum Gasteiger partial charge on any atom is 0.243 e. The van der Waals surface area contributed by atoms with Crippen molar-refractivity contribution in [3.05, 3.63) is 54.0 Å². The molecule has 0 aliphatic heterocycles. The summed E-state index contributed by atoms with van der Waals surface area (Å²) in [7, 11) is 0. The minimum Gasteiger partial charge on any atom is -0.345 e. The van der Waals surface area contributed by atoms with Crippen molar-refractivity contribution in [2.24, 2.45) is 0 Å². The molecule has 5 nitrogen and oxygen atoms in total. The molecule has 0 bridgehead atoms. The van der Waals surface area contributed by atoms with Crippen molar-refractivity contribution in [1.29, 1.82) is 0 Å². The van der Waals surface area contributed by atoms with E-state index in [2.05, 4.69) is 20.4 Å². The first-order valence-electron chi connectivity index (χ1n) is 6.23. The van der Waals surface area contributed by atoms with E-state index < -0.39 is 0 Å². The van der Waals surface area contributed by atoms with E-state index in [4.69, 9.17) is 0 Å². The van der Waals surface area contributed by atoms with E-state index in [0.717, 1.165) is 11.3 Å². The van der Waals surface area contributed by atoms with Crippen LogP contribution in [0.4, 0.5) is 5.95 Å². The van der Waals surface area contributed by atoms with E-state index >= 15 is 0 Å². The molecule has 1 N–H and O–H groups in total. The summed E-state index contributed by atoms with van der Waals surface area (Å²) in [5.74, 6) is 0.615. The second-order valence-electron chi connectivity index (χ2n) is 4.56. The summed E-state index contributed by atoms with van der Waals surface area (Å²) in [5.41, 5.74) is 2.98. The monoisotopic (exact) mass is 253 g/mol. The predicted octanol–water partition coefficient (Wildman–Crippen LogP) is 2.61. The number of hydrogen-bond donors (Lipinski definition) is 1. The third-order valence-electron chi connectivity index (χ3n) is 2.97. The number of anilines is 1. The zero-order valence-electron chi connectivity index (χ0n) is 10.9. The summed E-state index contributed by atoms with van der Waals surface area (Å²) in [6.07, 6.45) is 3.70. The fraction of sp³-hybridized carbons (Fsp3) is 0.214. The lowest BCUT2D eigenvalue weighted by Crippen LogP contribution is -2.09. The van der Waals surface area contributed by atoms with Crippen LogP contribution in [0.15, 0.2) is 42.7 Å². The quantitative estimate of drug-likeness (QED) is 0.779. The van der Waals surface area contributed by atoms with Gasteiger partial charge in [0.1, 0.15) is 0 Å². The molecule has 0 aromatic carbocycles. The lowest BCUT2D eigenvalue weighted by molar-refractivity contribution is 0.818. The topological polar surface area (TPSA) is 55.1 Å². The van der Waals surface area contributed by atoms with E-state index in [1.807, 2.05) is 50.4 Å². The average Bonchev–Trinajstić information content (AvgIpc) is 2.81. The normalized spacial score (nSPS) is 12.5. The van der Waals surface area contributed by atoms with Gasteiger partial charge in [-0.15, -0.1) is 5.10 Å². The predicted molar refractivity (Wildman–Crippen MR) is 74.0 cm³/mol. The molecule has 3 rings (SSSR count). The zero-order valence-corrected chi connectivity index (χ0v) is 10.9. The molecule has 0 saturated heterocycles. The van der Waals surface area contributed by atoms with Crippen LogP contribution in [0.5, 0.6) is 0 Å². The highest BCUT2D eigenvalue weighted by Crippen LogP contribution is 2.15. The molecule has 0 fully saturated rings. The Morgan fingerprint density at radius 2 is 2.16 bits per heavy atom. The van der Waals surface area contributed by atoms with Crippen LogP contribution < -0.4 is 5.32 Å². The summed E-state index contributed by atoms with van der Waals surface area (Å²) < 4.78 is 1.76. The number of pyridine rings is 2. The Bertz CT molecular complexity index is 689. The largest absolute Gasteiger partial charge is 0.345 e. The first-order valence-corrected chi connectivity index (χ1v) is 6.23. The van der Waals surface area contributed by atoms with Crippen molar-refractivity contribution in [3.63, 3.8) is 0 Å². The number of nitrogens with one attached hydrogen (secondary N) is 1. The van der Waals surface area contributed by atoms with Gasteiger partial charge in [0.05, 0.1) is 11.7 Å². The van der Waals surface area contributed by atoms with Crippen molar-refractivity contribution in [2.75, 3.05) is 5.32 Å². The van der Waals surface area contributed by atoms with Crippen molar-refractivity contribution in [3.8, 4) is 0 Å². The van der Waals surface area contributed by atoms with Gasteiger partial charge in [0, 0.05) is 12.4 Å². The number of nitrogens with zero attached hydrogens (tertiary/aromatic N) is 4. The van der Waals surface area contributed by atoms with Gasteiger partial charge in [0.2, 0.25) is 5.95 Å². The molecule has 3 aromatic heterocycles. The second-order valence-corrected chi connectivity index (χ2v) is 4.56. The van der Waals surface area contributed by atoms with Crippen molar-refractivity contribution in [2.45, 2.75) is 19.9 Å². The summed E-state index contributed by atoms with van der Waals surface area (Å²) in [6.45, 7) is 4.08. The molecule has 0 aliphatic rings. The molecule has 3 heterocycles. The Labute approximate surface area is 111 Å². The Balaban J connectivity index is 1.85. The Hall–Kier alpha value is -2.43. The van der Waals surface area contributed by atoms with Crippen LogP contribution in [0, 0.1) is 6.92 Å². The van der Waals surface area contributed by atoms with Gasteiger partial charge >= 0.3 is 0 Å². The number of fused-ring (bicyclic) bond motifs is 1. The molecule has 0 spiro atoms. The van der Waals surface area contributed by atoms with Crippen LogP contribution >= 0.6 is 0 Å². The second kappa shape index (κ2) is 4.68. The molecule has 0 amide bonds. The maximum atomic E-state index is 4.45. The lowest BCUT2D eigenvalue weighted by Gasteiger charge is -2.10. The molecular formula is C14H15N5. The first kappa shape index (κ1) is 11.6. The average molecular weight is 253 g/mol. The van der Waals surface area contributed by atoms with Crippen molar-refractivity contribution < 1.29 is 0 Å². The minimum atomic E-state index is 0.0692. The van der Waals surface area contributed by atoms with Gasteiger partial charge in [-0.25, -0.2) is 4.52 Å². The molecule has 3 aromatic rings. The van der Waals surface area contributed by atoms with E-state index in [1.165, 1.54) is 5.56 Å². The molecule has 1 unspecified atom stereocenters. The molecule has 96 valence electrons. The number of aryl methyl sites for hydroxylation is 1. The minimum absolute atomic E-state index is 0.0692. The van der Waals surface area contributed by atoms with Gasteiger partial charge in [0.25, 0.3) is 0 Å². The van der Waals surface area contributed by atoms with Crippen molar-refractivity contribution in [1.82, 2.24) is 19.6 Å². The van der Waals surface area contributed by atoms with Gasteiger partial charge < -0.3 is 5.32 Å².